The molecule has 0 bridgehead atoms. The van der Waals surface area contributed by atoms with Crippen LogP contribution in [0.4, 0.5) is 0 Å². The van der Waals surface area contributed by atoms with Gasteiger partial charge in [0.2, 0.25) is 0 Å². The first-order valence-corrected chi connectivity index (χ1v) is 5.84. The quantitative estimate of drug-likeness (QED) is 0.853. The maximum Gasteiger partial charge on any atom is 0.305 e. The number of aliphatic carboxylic acids is 1. The molecule has 0 aliphatic carbocycles. The molecule has 1 unspecified atom stereocenters. The van der Waals surface area contributed by atoms with Crippen LogP contribution in [0.25, 0.3) is 0 Å². The molecule has 0 saturated heterocycles. The summed E-state index contributed by atoms with van der Waals surface area (Å²) < 4.78 is 0. The lowest BCUT2D eigenvalue weighted by atomic mass is 9.95. The minimum absolute atomic E-state index is 0.140. The highest BCUT2D eigenvalue weighted by Gasteiger charge is 2.30. The molecule has 0 radical (unpaired) electrons. The van der Waals surface area contributed by atoms with E-state index in [-0.39, 0.29) is 18.0 Å². The third-order valence-electron chi connectivity index (χ3n) is 3.40. The van der Waals surface area contributed by atoms with E-state index in [1.165, 1.54) is 5.56 Å². The van der Waals surface area contributed by atoms with Gasteiger partial charge in [0.1, 0.15) is 0 Å². The van der Waals surface area contributed by atoms with E-state index < -0.39 is 5.97 Å². The van der Waals surface area contributed by atoms with Crippen molar-refractivity contribution in [2.75, 3.05) is 7.05 Å². The molecule has 0 spiro atoms. The van der Waals surface area contributed by atoms with Crippen LogP contribution in [0.2, 0.25) is 0 Å². The molecule has 1 aromatic carbocycles. The summed E-state index contributed by atoms with van der Waals surface area (Å²) >= 11 is 0. The van der Waals surface area contributed by atoms with Crippen LogP contribution in [0.5, 0.6) is 0 Å². The lowest BCUT2D eigenvalue weighted by molar-refractivity contribution is -0.140. The molecular formula is C14H21NO2. The molecule has 0 saturated carbocycles. The van der Waals surface area contributed by atoms with E-state index in [2.05, 4.69) is 24.0 Å². The van der Waals surface area contributed by atoms with E-state index >= 15 is 0 Å². The number of carboxylic acids is 1. The summed E-state index contributed by atoms with van der Waals surface area (Å²) in [5, 5.41) is 8.92. The molecule has 0 heterocycles. The maximum atomic E-state index is 10.9. The molecule has 1 N–H and O–H groups in total. The van der Waals surface area contributed by atoms with Gasteiger partial charge < -0.3 is 5.11 Å². The van der Waals surface area contributed by atoms with Crippen LogP contribution in [0.1, 0.15) is 38.8 Å². The van der Waals surface area contributed by atoms with E-state index in [1.54, 1.807) is 0 Å². The minimum Gasteiger partial charge on any atom is -0.481 e. The molecule has 3 heteroatoms. The van der Waals surface area contributed by atoms with Crippen molar-refractivity contribution < 1.29 is 9.90 Å². The number of carboxylic acid groups (broad SMARTS) is 1. The second kappa shape index (κ2) is 5.32. The monoisotopic (exact) mass is 235 g/mol. The zero-order valence-corrected chi connectivity index (χ0v) is 11.0. The van der Waals surface area contributed by atoms with Gasteiger partial charge in [0, 0.05) is 11.6 Å². The van der Waals surface area contributed by atoms with E-state index in [9.17, 15) is 4.79 Å². The smallest absolute Gasteiger partial charge is 0.305 e. The molecule has 3 nitrogen and oxygen atoms in total. The Bertz CT molecular complexity index is 373. The zero-order valence-electron chi connectivity index (χ0n) is 11.0. The van der Waals surface area contributed by atoms with E-state index in [0.717, 1.165) is 0 Å². The molecule has 1 aromatic rings. The summed E-state index contributed by atoms with van der Waals surface area (Å²) in [6.07, 6.45) is 0.140. The number of hydrogen-bond acceptors (Lipinski definition) is 2. The minimum atomic E-state index is -0.762. The topological polar surface area (TPSA) is 40.5 Å². The van der Waals surface area contributed by atoms with Crippen LogP contribution in [0.3, 0.4) is 0 Å². The third kappa shape index (κ3) is 3.56. The second-order valence-corrected chi connectivity index (χ2v) is 5.08. The number of nitrogens with zero attached hydrogens (tertiary/aromatic N) is 1. The summed E-state index contributed by atoms with van der Waals surface area (Å²) in [6.45, 7) is 6.01. The predicted molar refractivity (Wildman–Crippen MR) is 69.0 cm³/mol. The Morgan fingerprint density at radius 3 is 2.35 bits per heavy atom. The summed E-state index contributed by atoms with van der Waals surface area (Å²) in [7, 11) is 1.97. The van der Waals surface area contributed by atoms with Crippen molar-refractivity contribution >= 4 is 5.97 Å². The summed E-state index contributed by atoms with van der Waals surface area (Å²) in [5.74, 6) is -0.762. The fourth-order valence-corrected chi connectivity index (χ4v) is 1.97. The standard InChI is InChI=1S/C14H21NO2/c1-11(12-8-6-5-7-9-12)15(4)14(2,3)10-13(16)17/h5-9,11H,10H2,1-4H3,(H,16,17). The highest BCUT2D eigenvalue weighted by atomic mass is 16.4. The van der Waals surface area contributed by atoms with Gasteiger partial charge in [0.05, 0.1) is 6.42 Å². The Balaban J connectivity index is 2.82. The second-order valence-electron chi connectivity index (χ2n) is 5.08. The Kier molecular flexibility index (Phi) is 4.29. The number of hydrogen-bond donors (Lipinski definition) is 1. The molecule has 0 amide bonds. The first-order valence-electron chi connectivity index (χ1n) is 5.84. The molecular weight excluding hydrogens is 214 g/mol. The van der Waals surface area contributed by atoms with Crippen LogP contribution < -0.4 is 0 Å². The number of benzene rings is 1. The fraction of sp³-hybridized carbons (Fsp3) is 0.500. The van der Waals surface area contributed by atoms with Crippen molar-refractivity contribution in [1.82, 2.24) is 4.90 Å². The summed E-state index contributed by atoms with van der Waals surface area (Å²) in [5.41, 5.74) is 0.842. The van der Waals surface area contributed by atoms with Crippen molar-refractivity contribution in [2.45, 2.75) is 38.8 Å². The van der Waals surface area contributed by atoms with Gasteiger partial charge in [-0.2, -0.15) is 0 Å². The maximum absolute atomic E-state index is 10.9. The van der Waals surface area contributed by atoms with Gasteiger partial charge in [-0.1, -0.05) is 30.3 Å². The van der Waals surface area contributed by atoms with E-state index in [1.807, 2.05) is 39.1 Å². The van der Waals surface area contributed by atoms with Crippen molar-refractivity contribution in [2.24, 2.45) is 0 Å². The lowest BCUT2D eigenvalue weighted by Gasteiger charge is -2.39. The molecule has 0 fully saturated rings. The van der Waals surface area contributed by atoms with Crippen LogP contribution in [0, 0.1) is 0 Å². The van der Waals surface area contributed by atoms with Gasteiger partial charge in [-0.15, -0.1) is 0 Å². The molecule has 0 aliphatic heterocycles. The lowest BCUT2D eigenvalue weighted by Crippen LogP contribution is -2.44. The van der Waals surface area contributed by atoms with Gasteiger partial charge in [-0.05, 0) is 33.4 Å². The number of carbonyl (C=O) groups is 1. The Labute approximate surface area is 103 Å². The average Bonchev–Trinajstić information content (AvgIpc) is 2.26. The van der Waals surface area contributed by atoms with Gasteiger partial charge in [0.15, 0.2) is 0 Å². The number of rotatable bonds is 5. The first-order chi connectivity index (χ1) is 7.84. The van der Waals surface area contributed by atoms with Crippen molar-refractivity contribution in [3.8, 4) is 0 Å². The van der Waals surface area contributed by atoms with Gasteiger partial charge in [-0.3, -0.25) is 9.69 Å². The van der Waals surface area contributed by atoms with Crippen LogP contribution in [-0.2, 0) is 4.79 Å². The Hall–Kier alpha value is -1.35. The van der Waals surface area contributed by atoms with Gasteiger partial charge in [0.25, 0.3) is 0 Å². The Morgan fingerprint density at radius 2 is 1.88 bits per heavy atom. The van der Waals surface area contributed by atoms with E-state index in [4.69, 9.17) is 5.11 Å². The first kappa shape index (κ1) is 13.7. The van der Waals surface area contributed by atoms with E-state index in [0.29, 0.717) is 0 Å². The summed E-state index contributed by atoms with van der Waals surface area (Å²) in [6, 6.07) is 10.3. The van der Waals surface area contributed by atoms with Crippen molar-refractivity contribution in [1.29, 1.82) is 0 Å². The Morgan fingerprint density at radius 1 is 1.35 bits per heavy atom. The molecule has 0 aliphatic rings. The van der Waals surface area contributed by atoms with Gasteiger partial charge in [-0.25, -0.2) is 0 Å². The molecule has 1 rings (SSSR count). The summed E-state index contributed by atoms with van der Waals surface area (Å²) in [4.78, 5) is 13.0. The normalized spacial score (nSPS) is 13.7. The van der Waals surface area contributed by atoms with Crippen molar-refractivity contribution in [3.05, 3.63) is 35.9 Å². The highest BCUT2D eigenvalue weighted by molar-refractivity contribution is 5.68. The molecule has 1 atom stereocenters. The van der Waals surface area contributed by atoms with Crippen molar-refractivity contribution in [3.63, 3.8) is 0 Å². The van der Waals surface area contributed by atoms with Crippen LogP contribution in [-0.4, -0.2) is 28.6 Å². The van der Waals surface area contributed by atoms with Gasteiger partial charge >= 0.3 is 5.97 Å². The fourth-order valence-electron chi connectivity index (χ4n) is 1.97. The third-order valence-corrected chi connectivity index (χ3v) is 3.40. The zero-order chi connectivity index (χ0) is 13.1. The molecule has 17 heavy (non-hydrogen) atoms. The largest absolute Gasteiger partial charge is 0.481 e. The predicted octanol–water partition coefficient (Wildman–Crippen LogP) is 2.93. The molecule has 0 aromatic heterocycles. The highest BCUT2D eigenvalue weighted by Crippen LogP contribution is 2.28. The molecule has 94 valence electrons. The SMILES string of the molecule is CC(c1ccccc1)N(C)C(C)(C)CC(=O)O. The van der Waals surface area contributed by atoms with Crippen LogP contribution >= 0.6 is 0 Å². The van der Waals surface area contributed by atoms with Crippen LogP contribution in [0.15, 0.2) is 30.3 Å². The average molecular weight is 235 g/mol.